The van der Waals surface area contributed by atoms with Gasteiger partial charge in [-0.15, -0.1) is 0 Å². The number of rotatable bonds is 2. The Labute approximate surface area is 68.8 Å². The van der Waals surface area contributed by atoms with Gasteiger partial charge in [-0.05, 0) is 0 Å². The van der Waals surface area contributed by atoms with Crippen molar-refractivity contribution in [3.05, 3.63) is 17.5 Å². The Hall–Kier alpha value is -1.16. The largest absolute Gasteiger partial charge is 0.302 e. The fraction of sp³-hybridized carbons (Fsp3) is 0.167. The molecule has 0 radical (unpaired) electrons. The van der Waals surface area contributed by atoms with Gasteiger partial charge < -0.3 is 4.90 Å². The molecule has 11 heavy (non-hydrogen) atoms. The molecule has 0 spiro atoms. The van der Waals surface area contributed by atoms with Crippen molar-refractivity contribution < 1.29 is 4.79 Å². The molecule has 0 aliphatic heterocycles. The number of anilines is 1. The lowest BCUT2D eigenvalue weighted by Gasteiger charge is -2.07. The smallest absolute Gasteiger partial charge is 0.215 e. The Morgan fingerprint density at radius 2 is 2.36 bits per heavy atom. The van der Waals surface area contributed by atoms with E-state index in [0.29, 0.717) is 17.4 Å². The Morgan fingerprint density at radius 3 is 2.91 bits per heavy atom. The van der Waals surface area contributed by atoms with E-state index in [4.69, 9.17) is 11.6 Å². The Bertz CT molecular complexity index is 266. The van der Waals surface area contributed by atoms with E-state index in [1.54, 1.807) is 7.05 Å². The molecule has 58 valence electrons. The van der Waals surface area contributed by atoms with Crippen LogP contribution in [0.1, 0.15) is 0 Å². The molecule has 1 heterocycles. The molecule has 0 saturated heterocycles. The molecule has 0 fully saturated rings. The number of amides is 1. The van der Waals surface area contributed by atoms with Crippen molar-refractivity contribution in [2.75, 3.05) is 11.9 Å². The average Bonchev–Trinajstić information content (AvgIpc) is 2.03. The molecule has 0 atom stereocenters. The van der Waals surface area contributed by atoms with Crippen molar-refractivity contribution in [2.45, 2.75) is 0 Å². The summed E-state index contributed by atoms with van der Waals surface area (Å²) in [4.78, 5) is 19.0. The van der Waals surface area contributed by atoms with Gasteiger partial charge in [0, 0.05) is 13.1 Å². The monoisotopic (exact) mass is 171 g/mol. The summed E-state index contributed by atoms with van der Waals surface area (Å²) in [7, 11) is 1.59. The first-order valence-electron chi connectivity index (χ1n) is 2.89. The normalized spacial score (nSPS) is 9.27. The van der Waals surface area contributed by atoms with Crippen LogP contribution in [0.15, 0.2) is 12.4 Å². The highest BCUT2D eigenvalue weighted by Gasteiger charge is 1.99. The summed E-state index contributed by atoms with van der Waals surface area (Å²) in [6.45, 7) is 0. The van der Waals surface area contributed by atoms with E-state index >= 15 is 0 Å². The van der Waals surface area contributed by atoms with Gasteiger partial charge in [-0.2, -0.15) is 0 Å². The third-order valence-electron chi connectivity index (χ3n) is 1.14. The van der Waals surface area contributed by atoms with Gasteiger partial charge in [0.25, 0.3) is 0 Å². The fourth-order valence-corrected chi connectivity index (χ4v) is 0.712. The SMILES string of the molecule is CN(C=O)c1cc(Cl)ncn1. The zero-order chi connectivity index (χ0) is 8.27. The van der Waals surface area contributed by atoms with Gasteiger partial charge in [-0.3, -0.25) is 4.79 Å². The van der Waals surface area contributed by atoms with Gasteiger partial charge in [-0.25, -0.2) is 9.97 Å². The van der Waals surface area contributed by atoms with E-state index in [0.717, 1.165) is 0 Å². The summed E-state index contributed by atoms with van der Waals surface area (Å²) in [5.41, 5.74) is 0. The number of nitrogens with zero attached hydrogens (tertiary/aromatic N) is 3. The second-order valence-corrected chi connectivity index (χ2v) is 2.30. The summed E-state index contributed by atoms with van der Waals surface area (Å²) in [6.07, 6.45) is 1.95. The van der Waals surface area contributed by atoms with Gasteiger partial charge in [0.05, 0.1) is 0 Å². The molecule has 1 rings (SSSR count). The van der Waals surface area contributed by atoms with Crippen LogP contribution < -0.4 is 4.90 Å². The molecular weight excluding hydrogens is 166 g/mol. The molecule has 4 nitrogen and oxygen atoms in total. The number of carbonyl (C=O) groups is 1. The molecule has 5 heteroatoms. The fourth-order valence-electron chi connectivity index (χ4n) is 0.571. The van der Waals surface area contributed by atoms with Gasteiger partial charge in [0.15, 0.2) is 0 Å². The lowest BCUT2D eigenvalue weighted by atomic mass is 10.5. The minimum Gasteiger partial charge on any atom is -0.302 e. The van der Waals surface area contributed by atoms with Crippen molar-refractivity contribution in [3.8, 4) is 0 Å². The number of hydrogen-bond acceptors (Lipinski definition) is 3. The predicted molar refractivity (Wildman–Crippen MR) is 41.5 cm³/mol. The van der Waals surface area contributed by atoms with Gasteiger partial charge >= 0.3 is 0 Å². The van der Waals surface area contributed by atoms with Crippen LogP contribution in [0, 0.1) is 0 Å². The zero-order valence-corrected chi connectivity index (χ0v) is 6.62. The Kier molecular flexibility index (Phi) is 2.38. The van der Waals surface area contributed by atoms with Crippen molar-refractivity contribution >= 4 is 23.8 Å². The highest BCUT2D eigenvalue weighted by atomic mass is 35.5. The molecule has 0 unspecified atom stereocenters. The van der Waals surface area contributed by atoms with Crippen LogP contribution in [0.3, 0.4) is 0 Å². The van der Waals surface area contributed by atoms with E-state index in [-0.39, 0.29) is 0 Å². The highest BCUT2D eigenvalue weighted by molar-refractivity contribution is 6.29. The van der Waals surface area contributed by atoms with E-state index in [1.165, 1.54) is 17.3 Å². The maximum atomic E-state index is 10.2. The van der Waals surface area contributed by atoms with E-state index in [9.17, 15) is 4.79 Å². The predicted octanol–water partition coefficient (Wildman–Crippen LogP) is 0.723. The van der Waals surface area contributed by atoms with E-state index in [2.05, 4.69) is 9.97 Å². The molecule has 1 aromatic rings. The average molecular weight is 172 g/mol. The topological polar surface area (TPSA) is 46.1 Å². The first kappa shape index (κ1) is 7.94. The van der Waals surface area contributed by atoms with Crippen LogP contribution in [-0.2, 0) is 4.79 Å². The van der Waals surface area contributed by atoms with Crippen molar-refractivity contribution in [2.24, 2.45) is 0 Å². The number of aromatic nitrogens is 2. The summed E-state index contributed by atoms with van der Waals surface area (Å²) in [5, 5.41) is 0.323. The number of carbonyl (C=O) groups excluding carboxylic acids is 1. The molecule has 0 aliphatic rings. The first-order chi connectivity index (χ1) is 5.24. The standard InChI is InChI=1S/C6H6ClN3O/c1-10(4-11)6-2-5(7)8-3-9-6/h2-4H,1H3. The van der Waals surface area contributed by atoms with Gasteiger partial charge in [0.1, 0.15) is 17.3 Å². The number of halogens is 1. The lowest BCUT2D eigenvalue weighted by molar-refractivity contribution is -0.107. The summed E-state index contributed by atoms with van der Waals surface area (Å²) >= 11 is 5.55. The molecule has 0 bridgehead atoms. The molecule has 0 saturated carbocycles. The van der Waals surface area contributed by atoms with E-state index in [1.807, 2.05) is 0 Å². The lowest BCUT2D eigenvalue weighted by Crippen LogP contribution is -2.15. The molecule has 1 amide bonds. The quantitative estimate of drug-likeness (QED) is 0.487. The van der Waals surface area contributed by atoms with E-state index < -0.39 is 0 Å². The maximum Gasteiger partial charge on any atom is 0.215 e. The molecule has 1 aromatic heterocycles. The van der Waals surface area contributed by atoms with Crippen molar-refractivity contribution in [1.29, 1.82) is 0 Å². The minimum atomic E-state index is 0.323. The molecular formula is C6H6ClN3O. The molecule has 0 N–H and O–H groups in total. The maximum absolute atomic E-state index is 10.2. The second kappa shape index (κ2) is 3.30. The number of hydrogen-bond donors (Lipinski definition) is 0. The van der Waals surface area contributed by atoms with Crippen LogP contribution >= 0.6 is 11.6 Å². The van der Waals surface area contributed by atoms with Gasteiger partial charge in [0.2, 0.25) is 6.41 Å². The third kappa shape index (κ3) is 1.88. The third-order valence-corrected chi connectivity index (χ3v) is 1.35. The van der Waals surface area contributed by atoms with Crippen LogP contribution in [0.25, 0.3) is 0 Å². The Balaban J connectivity index is 2.95. The first-order valence-corrected chi connectivity index (χ1v) is 3.27. The highest BCUT2D eigenvalue weighted by Crippen LogP contribution is 2.10. The van der Waals surface area contributed by atoms with Gasteiger partial charge in [-0.1, -0.05) is 11.6 Å². The van der Waals surface area contributed by atoms with Crippen LogP contribution in [0.5, 0.6) is 0 Å². The van der Waals surface area contributed by atoms with Crippen molar-refractivity contribution in [1.82, 2.24) is 9.97 Å². The van der Waals surface area contributed by atoms with Crippen LogP contribution in [-0.4, -0.2) is 23.4 Å². The zero-order valence-electron chi connectivity index (χ0n) is 5.86. The minimum absolute atomic E-state index is 0.323. The van der Waals surface area contributed by atoms with Crippen LogP contribution in [0.2, 0.25) is 5.15 Å². The Morgan fingerprint density at radius 1 is 1.64 bits per heavy atom. The molecule has 0 aliphatic carbocycles. The second-order valence-electron chi connectivity index (χ2n) is 1.92. The van der Waals surface area contributed by atoms with Crippen LogP contribution in [0.4, 0.5) is 5.82 Å². The van der Waals surface area contributed by atoms with Crippen molar-refractivity contribution in [3.63, 3.8) is 0 Å². The molecule has 0 aromatic carbocycles. The summed E-state index contributed by atoms with van der Waals surface area (Å²) < 4.78 is 0. The summed E-state index contributed by atoms with van der Waals surface area (Å²) in [6, 6.07) is 1.51. The summed E-state index contributed by atoms with van der Waals surface area (Å²) in [5.74, 6) is 0.486.